The highest BCUT2D eigenvalue weighted by atomic mass is 32.2. The number of aliphatic hydroxyl groups excluding tert-OH is 1. The van der Waals surface area contributed by atoms with E-state index in [-0.39, 0.29) is 4.90 Å². The first-order chi connectivity index (χ1) is 7.33. The van der Waals surface area contributed by atoms with Crippen LogP contribution in [0.25, 0.3) is 0 Å². The molecule has 4 nitrogen and oxygen atoms in total. The Kier molecular flexibility index (Phi) is 2.57. The summed E-state index contributed by atoms with van der Waals surface area (Å²) in [4.78, 5) is 0.255. The summed E-state index contributed by atoms with van der Waals surface area (Å²) in [6.45, 7) is 2.35. The number of ether oxygens (including phenoxy) is 1. The maximum absolute atomic E-state index is 11.2. The predicted molar refractivity (Wildman–Crippen MR) is 58.9 cm³/mol. The van der Waals surface area contributed by atoms with E-state index in [2.05, 4.69) is 0 Å². The van der Waals surface area contributed by atoms with Crippen LogP contribution in [0, 0.1) is 0 Å². The van der Waals surface area contributed by atoms with Crippen LogP contribution < -0.4 is 0 Å². The molecule has 1 unspecified atom stereocenters. The summed E-state index contributed by atoms with van der Waals surface area (Å²) in [5.41, 5.74) is 0.166. The maximum atomic E-state index is 11.2. The molecule has 0 saturated carbocycles. The van der Waals surface area contributed by atoms with Crippen LogP contribution in [-0.2, 0) is 14.6 Å². The van der Waals surface area contributed by atoms with Crippen LogP contribution in [0.2, 0.25) is 0 Å². The molecule has 0 bridgehead atoms. The highest BCUT2D eigenvalue weighted by molar-refractivity contribution is 7.90. The Hall–Kier alpha value is -0.910. The Balaban J connectivity index is 2.26. The van der Waals surface area contributed by atoms with Crippen LogP contribution in [0.15, 0.2) is 29.2 Å². The average molecular weight is 242 g/mol. The van der Waals surface area contributed by atoms with Crippen molar-refractivity contribution < 1.29 is 18.3 Å². The number of aliphatic hydroxyl groups is 1. The number of epoxide rings is 1. The molecule has 5 heteroatoms. The molecule has 16 heavy (non-hydrogen) atoms. The van der Waals surface area contributed by atoms with Crippen LogP contribution in [0.3, 0.4) is 0 Å². The lowest BCUT2D eigenvalue weighted by Crippen LogP contribution is -2.17. The molecular weight excluding hydrogens is 228 g/mol. The van der Waals surface area contributed by atoms with E-state index in [0.717, 1.165) is 6.26 Å². The number of rotatable bonds is 3. The predicted octanol–water partition coefficient (Wildman–Crippen LogP) is 0.912. The monoisotopic (exact) mass is 242 g/mol. The third-order valence-electron chi connectivity index (χ3n) is 2.80. The first-order valence-corrected chi connectivity index (χ1v) is 6.84. The van der Waals surface area contributed by atoms with Crippen molar-refractivity contribution in [2.45, 2.75) is 23.5 Å². The van der Waals surface area contributed by atoms with Crippen LogP contribution in [0.5, 0.6) is 0 Å². The molecule has 0 amide bonds. The summed E-state index contributed by atoms with van der Waals surface area (Å²) >= 11 is 0. The molecule has 1 aliphatic heterocycles. The minimum atomic E-state index is -3.18. The van der Waals surface area contributed by atoms with Crippen molar-refractivity contribution in [1.82, 2.24) is 0 Å². The van der Waals surface area contributed by atoms with Gasteiger partial charge < -0.3 is 9.84 Å². The third-order valence-corrected chi connectivity index (χ3v) is 3.93. The van der Waals surface area contributed by atoms with E-state index in [4.69, 9.17) is 4.74 Å². The van der Waals surface area contributed by atoms with E-state index in [1.807, 2.05) is 6.92 Å². The summed E-state index contributed by atoms with van der Waals surface area (Å²) in [7, 11) is -3.18. The zero-order valence-corrected chi connectivity index (χ0v) is 9.99. The lowest BCUT2D eigenvalue weighted by atomic mass is 9.98. The van der Waals surface area contributed by atoms with Crippen LogP contribution in [0.1, 0.15) is 18.6 Å². The number of hydrogen-bond donors (Lipinski definition) is 1. The van der Waals surface area contributed by atoms with Gasteiger partial charge in [0.2, 0.25) is 0 Å². The van der Waals surface area contributed by atoms with E-state index in [1.54, 1.807) is 12.1 Å². The van der Waals surface area contributed by atoms with Crippen molar-refractivity contribution in [3.05, 3.63) is 29.8 Å². The smallest absolute Gasteiger partial charge is 0.175 e. The number of sulfone groups is 1. The molecule has 1 N–H and O–H groups in total. The topological polar surface area (TPSA) is 66.9 Å². The standard InChI is InChI=1S/C11H14O4S/c1-11(7-15-11)10(12)8-3-5-9(6-4-8)16(2,13)14/h3-6,10,12H,7H2,1-2H3/t10?,11-/m0/s1. The molecule has 2 atom stereocenters. The molecule has 1 aromatic carbocycles. The minimum Gasteiger partial charge on any atom is -0.385 e. The summed E-state index contributed by atoms with van der Waals surface area (Å²) in [6, 6.07) is 6.24. The van der Waals surface area contributed by atoms with Gasteiger partial charge in [0.25, 0.3) is 0 Å². The zero-order chi connectivity index (χ0) is 12.0. The van der Waals surface area contributed by atoms with E-state index >= 15 is 0 Å². The third kappa shape index (κ3) is 2.11. The Bertz CT molecular complexity index is 485. The van der Waals surface area contributed by atoms with Gasteiger partial charge in [-0.05, 0) is 24.6 Å². The fourth-order valence-corrected chi connectivity index (χ4v) is 2.15. The van der Waals surface area contributed by atoms with Gasteiger partial charge in [-0.25, -0.2) is 8.42 Å². The van der Waals surface area contributed by atoms with Gasteiger partial charge in [0, 0.05) is 6.26 Å². The molecule has 0 aromatic heterocycles. The largest absolute Gasteiger partial charge is 0.385 e. The minimum absolute atomic E-state index is 0.255. The Morgan fingerprint density at radius 1 is 1.38 bits per heavy atom. The van der Waals surface area contributed by atoms with Crippen molar-refractivity contribution in [3.8, 4) is 0 Å². The molecule has 1 heterocycles. The van der Waals surface area contributed by atoms with Gasteiger partial charge in [0.15, 0.2) is 9.84 Å². The van der Waals surface area contributed by atoms with Gasteiger partial charge in [-0.15, -0.1) is 0 Å². The SMILES string of the molecule is C[C@@]1(C(O)c2ccc(S(C)(=O)=O)cc2)CO1. The Morgan fingerprint density at radius 2 is 1.88 bits per heavy atom. The second-order valence-corrected chi connectivity index (χ2v) is 6.36. The molecule has 2 rings (SSSR count). The summed E-state index contributed by atoms with van der Waals surface area (Å²) < 4.78 is 27.6. The molecule has 1 saturated heterocycles. The van der Waals surface area contributed by atoms with Gasteiger partial charge in [0.05, 0.1) is 11.5 Å². The van der Waals surface area contributed by atoms with Gasteiger partial charge in [-0.2, -0.15) is 0 Å². The molecule has 0 radical (unpaired) electrons. The van der Waals surface area contributed by atoms with E-state index < -0.39 is 21.5 Å². The Morgan fingerprint density at radius 3 is 2.25 bits per heavy atom. The molecule has 1 fully saturated rings. The lowest BCUT2D eigenvalue weighted by molar-refractivity contribution is 0.0849. The molecule has 0 spiro atoms. The molecule has 0 aliphatic carbocycles. The van der Waals surface area contributed by atoms with Crippen molar-refractivity contribution in [3.63, 3.8) is 0 Å². The average Bonchev–Trinajstić information content (AvgIpc) is 2.96. The normalized spacial score (nSPS) is 26.4. The molecule has 88 valence electrons. The molecular formula is C11H14O4S. The van der Waals surface area contributed by atoms with E-state index in [0.29, 0.717) is 12.2 Å². The first-order valence-electron chi connectivity index (χ1n) is 4.95. The van der Waals surface area contributed by atoms with E-state index in [1.165, 1.54) is 12.1 Å². The Labute approximate surface area is 94.8 Å². The van der Waals surface area contributed by atoms with Crippen molar-refractivity contribution >= 4 is 9.84 Å². The summed E-state index contributed by atoms with van der Waals surface area (Å²) in [6.07, 6.45) is 0.449. The van der Waals surface area contributed by atoms with Crippen LogP contribution in [-0.4, -0.2) is 32.0 Å². The second kappa shape index (κ2) is 3.55. The van der Waals surface area contributed by atoms with Crippen molar-refractivity contribution in [2.24, 2.45) is 0 Å². The summed E-state index contributed by atoms with van der Waals surface area (Å²) in [5.74, 6) is 0. The number of hydrogen-bond acceptors (Lipinski definition) is 4. The summed E-state index contributed by atoms with van der Waals surface area (Å²) in [5, 5.41) is 9.94. The zero-order valence-electron chi connectivity index (χ0n) is 9.17. The van der Waals surface area contributed by atoms with Crippen molar-refractivity contribution in [2.75, 3.05) is 12.9 Å². The molecule has 1 aliphatic rings. The van der Waals surface area contributed by atoms with E-state index in [9.17, 15) is 13.5 Å². The van der Waals surface area contributed by atoms with Crippen LogP contribution in [0.4, 0.5) is 0 Å². The highest BCUT2D eigenvalue weighted by Crippen LogP contribution is 2.39. The maximum Gasteiger partial charge on any atom is 0.175 e. The van der Waals surface area contributed by atoms with Gasteiger partial charge in [-0.1, -0.05) is 12.1 Å². The number of benzene rings is 1. The van der Waals surface area contributed by atoms with Crippen molar-refractivity contribution in [1.29, 1.82) is 0 Å². The highest BCUT2D eigenvalue weighted by Gasteiger charge is 2.47. The van der Waals surface area contributed by atoms with Gasteiger partial charge in [-0.3, -0.25) is 0 Å². The van der Waals surface area contributed by atoms with Gasteiger partial charge >= 0.3 is 0 Å². The lowest BCUT2D eigenvalue weighted by Gasteiger charge is -2.15. The second-order valence-electron chi connectivity index (χ2n) is 4.35. The first kappa shape index (κ1) is 11.6. The van der Waals surface area contributed by atoms with Gasteiger partial charge in [0.1, 0.15) is 11.7 Å². The fraction of sp³-hybridized carbons (Fsp3) is 0.455. The van der Waals surface area contributed by atoms with Crippen LogP contribution >= 0.6 is 0 Å². The molecule has 1 aromatic rings. The quantitative estimate of drug-likeness (QED) is 0.800. The fourth-order valence-electron chi connectivity index (χ4n) is 1.52.